The maximum Gasteiger partial charge on any atom is 0.0962 e. The Hall–Kier alpha value is -5.35. The number of pyridine rings is 3. The van der Waals surface area contributed by atoms with Crippen LogP contribution in [-0.2, 0) is 0 Å². The first-order valence-electron chi connectivity index (χ1n) is 14.5. The van der Waals surface area contributed by atoms with Crippen LogP contribution < -0.4 is 0 Å². The highest BCUT2D eigenvalue weighted by molar-refractivity contribution is 8.47. The summed E-state index contributed by atoms with van der Waals surface area (Å²) in [6.45, 7) is 0. The van der Waals surface area contributed by atoms with Gasteiger partial charge in [0.2, 0.25) is 0 Å². The summed E-state index contributed by atoms with van der Waals surface area (Å²) in [7, 11) is -1.60. The average molecular weight is 587 g/mol. The molecule has 5 heterocycles. The quantitative estimate of drug-likeness (QED) is 0.187. The summed E-state index contributed by atoms with van der Waals surface area (Å²) >= 11 is 0. The van der Waals surface area contributed by atoms with E-state index in [4.69, 9.17) is 9.97 Å². The molecule has 2 aromatic carbocycles. The van der Waals surface area contributed by atoms with E-state index < -0.39 is 10.0 Å². The first kappa shape index (κ1) is 27.5. The van der Waals surface area contributed by atoms with Gasteiger partial charge in [-0.2, -0.15) is 10.0 Å². The molecule has 0 radical (unpaired) electrons. The first-order chi connectivity index (χ1) is 21.6. The molecule has 4 nitrogen and oxygen atoms in total. The van der Waals surface area contributed by atoms with Crippen molar-refractivity contribution < 1.29 is 0 Å². The van der Waals surface area contributed by atoms with Gasteiger partial charge in [-0.25, -0.2) is 4.98 Å². The van der Waals surface area contributed by atoms with Crippen molar-refractivity contribution in [3.63, 3.8) is 0 Å². The largest absolute Gasteiger partial charge is 0.255 e. The highest BCUT2D eigenvalue weighted by Crippen LogP contribution is 2.73. The second-order valence-electron chi connectivity index (χ2n) is 10.9. The number of hydrogen-bond donors (Lipinski definition) is 0. The lowest BCUT2D eigenvalue weighted by Crippen LogP contribution is -2.04. The maximum atomic E-state index is 5.26. The van der Waals surface area contributed by atoms with Crippen molar-refractivity contribution >= 4 is 36.7 Å². The van der Waals surface area contributed by atoms with Gasteiger partial charge in [0.25, 0.3) is 0 Å². The van der Waals surface area contributed by atoms with Gasteiger partial charge in [0.05, 0.1) is 28.5 Å². The van der Waals surface area contributed by atoms with E-state index >= 15 is 0 Å². The predicted molar refractivity (Wildman–Crippen MR) is 186 cm³/mol. The molecule has 0 unspecified atom stereocenters. The zero-order valence-corrected chi connectivity index (χ0v) is 25.4. The Balaban J connectivity index is 1.47. The van der Waals surface area contributed by atoms with Gasteiger partial charge in [0.15, 0.2) is 0 Å². The van der Waals surface area contributed by atoms with E-state index in [0.29, 0.717) is 0 Å². The zero-order valence-electron chi connectivity index (χ0n) is 24.6. The van der Waals surface area contributed by atoms with Crippen molar-refractivity contribution in [2.45, 2.75) is 0 Å². The summed E-state index contributed by atoms with van der Waals surface area (Å²) in [6, 6.07) is 37.9. The van der Waals surface area contributed by atoms with E-state index in [1.54, 1.807) is 6.20 Å². The molecule has 3 aromatic heterocycles. The molecule has 0 amide bonds. The molecule has 2 aliphatic rings. The molecule has 5 heteroatoms. The lowest BCUT2D eigenvalue weighted by molar-refractivity contribution is 1.23. The Bertz CT molecular complexity index is 2030. The lowest BCUT2D eigenvalue weighted by Gasteiger charge is -2.34. The van der Waals surface area contributed by atoms with Crippen LogP contribution in [0.3, 0.4) is 0 Å². The molecule has 44 heavy (non-hydrogen) atoms. The number of allylic oxidation sites excluding steroid dienone is 4. The van der Waals surface area contributed by atoms with Crippen LogP contribution in [0.4, 0.5) is 0 Å². The fourth-order valence-electron chi connectivity index (χ4n) is 5.85. The normalized spacial score (nSPS) is 16.2. The Labute approximate surface area is 259 Å². The van der Waals surface area contributed by atoms with E-state index in [9.17, 15) is 0 Å². The molecular formula is C39H30N4S. The highest BCUT2D eigenvalue weighted by atomic mass is 32.3. The van der Waals surface area contributed by atoms with Gasteiger partial charge in [-0.05, 0) is 66.1 Å². The van der Waals surface area contributed by atoms with Gasteiger partial charge in [0, 0.05) is 51.2 Å². The zero-order chi connectivity index (χ0) is 29.9. The van der Waals surface area contributed by atoms with Crippen molar-refractivity contribution in [3.05, 3.63) is 180 Å². The third kappa shape index (κ3) is 5.09. The SMILES string of the molecule is CS1(C)C(c2ccc(C3=NC=CC=C=C3)nc2)=C(c2ccccc2)C(c2ccccc2)=C1c1cccc(-c2ccccn2)n1. The van der Waals surface area contributed by atoms with Gasteiger partial charge in [-0.15, -0.1) is 5.73 Å². The van der Waals surface area contributed by atoms with Crippen LogP contribution in [0.15, 0.2) is 157 Å². The van der Waals surface area contributed by atoms with Crippen molar-refractivity contribution in [3.8, 4) is 11.4 Å². The van der Waals surface area contributed by atoms with E-state index in [2.05, 4.69) is 113 Å². The topological polar surface area (TPSA) is 51.0 Å². The smallest absolute Gasteiger partial charge is 0.0962 e. The van der Waals surface area contributed by atoms with Crippen LogP contribution >= 0.6 is 10.0 Å². The van der Waals surface area contributed by atoms with Gasteiger partial charge >= 0.3 is 0 Å². The number of aliphatic imine (C=N–C) groups is 1. The standard InChI is InChI=1S/C39H30N4S/c1-44(2)38(30-23-24-33(42-27-30)31-19-10-5-12-25-40-31)36(28-15-6-3-7-16-28)37(29-17-8-4-9-18-29)39(44)35-22-14-21-34(43-35)32-20-11-13-26-41-32/h3-9,11-27H,1-2H3. The van der Waals surface area contributed by atoms with Crippen LogP contribution in [0.2, 0.25) is 0 Å². The molecule has 0 saturated carbocycles. The molecule has 0 saturated heterocycles. The molecule has 0 N–H and O–H groups in total. The summed E-state index contributed by atoms with van der Waals surface area (Å²) in [4.78, 5) is 21.9. The molecule has 0 fully saturated rings. The fraction of sp³-hybridized carbons (Fsp3) is 0.0513. The first-order valence-corrected chi connectivity index (χ1v) is 16.9. The van der Waals surface area contributed by atoms with E-state index in [0.717, 1.165) is 34.1 Å². The number of aromatic nitrogens is 3. The minimum atomic E-state index is -1.60. The number of nitrogens with zero attached hydrogens (tertiary/aromatic N) is 4. The third-order valence-corrected chi connectivity index (χ3v) is 10.7. The Morgan fingerprint density at radius 2 is 1.25 bits per heavy atom. The van der Waals surface area contributed by atoms with Crippen molar-refractivity contribution in [1.29, 1.82) is 0 Å². The summed E-state index contributed by atoms with van der Waals surface area (Å²) in [5.74, 6) is 0. The molecule has 7 rings (SSSR count). The molecular weight excluding hydrogens is 557 g/mol. The van der Waals surface area contributed by atoms with Gasteiger partial charge in [-0.1, -0.05) is 78.9 Å². The summed E-state index contributed by atoms with van der Waals surface area (Å²) < 4.78 is 0. The predicted octanol–water partition coefficient (Wildman–Crippen LogP) is 9.08. The Morgan fingerprint density at radius 1 is 0.568 bits per heavy atom. The summed E-state index contributed by atoms with van der Waals surface area (Å²) in [5, 5.41) is 0. The second kappa shape index (κ2) is 11.7. The highest BCUT2D eigenvalue weighted by Gasteiger charge is 2.40. The van der Waals surface area contributed by atoms with Crippen LogP contribution in [0.1, 0.15) is 28.1 Å². The van der Waals surface area contributed by atoms with Crippen LogP contribution in [0.25, 0.3) is 32.3 Å². The fourth-order valence-corrected chi connectivity index (χ4v) is 8.86. The maximum absolute atomic E-state index is 5.26. The van der Waals surface area contributed by atoms with E-state index in [1.807, 2.05) is 54.9 Å². The summed E-state index contributed by atoms with van der Waals surface area (Å²) in [6.07, 6.45) is 15.9. The number of rotatable bonds is 6. The van der Waals surface area contributed by atoms with E-state index in [-0.39, 0.29) is 0 Å². The molecule has 0 bridgehead atoms. The van der Waals surface area contributed by atoms with Gasteiger partial charge < -0.3 is 0 Å². The summed E-state index contributed by atoms with van der Waals surface area (Å²) in [5.41, 5.74) is 13.3. The van der Waals surface area contributed by atoms with Crippen molar-refractivity contribution in [2.24, 2.45) is 4.99 Å². The van der Waals surface area contributed by atoms with Gasteiger partial charge in [-0.3, -0.25) is 15.0 Å². The van der Waals surface area contributed by atoms with Gasteiger partial charge in [0.1, 0.15) is 0 Å². The minimum Gasteiger partial charge on any atom is -0.255 e. The molecule has 0 spiro atoms. The van der Waals surface area contributed by atoms with Crippen molar-refractivity contribution in [1.82, 2.24) is 15.0 Å². The minimum absolute atomic E-state index is 0.788. The number of benzene rings is 2. The molecule has 2 aliphatic heterocycles. The Kier molecular flexibility index (Phi) is 7.33. The van der Waals surface area contributed by atoms with Crippen molar-refractivity contribution in [2.75, 3.05) is 12.5 Å². The molecule has 0 atom stereocenters. The molecule has 5 aromatic rings. The second-order valence-corrected chi connectivity index (χ2v) is 14.3. The third-order valence-electron chi connectivity index (χ3n) is 7.76. The molecule has 212 valence electrons. The van der Waals surface area contributed by atoms with Crippen LogP contribution in [0.5, 0.6) is 0 Å². The monoisotopic (exact) mass is 586 g/mol. The lowest BCUT2D eigenvalue weighted by atomic mass is 9.90. The average Bonchev–Trinajstić information content (AvgIpc) is 3.21. The Morgan fingerprint density at radius 3 is 1.93 bits per heavy atom. The van der Waals surface area contributed by atoms with Crippen LogP contribution in [-0.4, -0.2) is 33.2 Å². The van der Waals surface area contributed by atoms with Crippen LogP contribution in [0, 0.1) is 0 Å². The number of hydrogen-bond acceptors (Lipinski definition) is 4. The molecule has 0 aliphatic carbocycles. The van der Waals surface area contributed by atoms with E-state index in [1.165, 1.54) is 32.1 Å².